The highest BCUT2D eigenvalue weighted by Gasteiger charge is 2.31. The summed E-state index contributed by atoms with van der Waals surface area (Å²) in [5, 5.41) is 20.9. The zero-order valence-electron chi connectivity index (χ0n) is 26.5. The third-order valence-electron chi connectivity index (χ3n) is 8.11. The lowest BCUT2D eigenvalue weighted by Gasteiger charge is -2.22. The van der Waals surface area contributed by atoms with Gasteiger partial charge in [-0.15, -0.1) is 0 Å². The molecule has 0 saturated carbocycles. The van der Waals surface area contributed by atoms with Crippen molar-refractivity contribution >= 4 is 80.0 Å². The fourth-order valence-corrected chi connectivity index (χ4v) is 6.61. The average molecular weight is 661 g/mol. The summed E-state index contributed by atoms with van der Waals surface area (Å²) in [6, 6.07) is 48.6. The Labute approximate surface area is 291 Å². The largest absolute Gasteiger partial charge is 0.353 e. The van der Waals surface area contributed by atoms with Crippen LogP contribution in [0.25, 0.3) is 11.4 Å². The molecule has 234 valence electrons. The molecule has 0 amide bonds. The highest BCUT2D eigenvalue weighted by atomic mass is 32.1. The van der Waals surface area contributed by atoms with Gasteiger partial charge >= 0.3 is 0 Å². The summed E-state index contributed by atoms with van der Waals surface area (Å²) in [6.07, 6.45) is 0. The maximum absolute atomic E-state index is 6.09. The Morgan fingerprint density at radius 3 is 1.12 bits per heavy atom. The zero-order valence-corrected chi connectivity index (χ0v) is 28.1. The summed E-state index contributed by atoms with van der Waals surface area (Å²) in [4.78, 5) is 1.26. The molecular formula is C40H32N6S2. The summed E-state index contributed by atoms with van der Waals surface area (Å²) >= 11 is 12.2. The number of hydrogen-bond donors (Lipinski definition) is 2. The Hall–Kier alpha value is -5.70. The molecule has 2 heterocycles. The first-order valence-corrected chi connectivity index (χ1v) is 16.4. The zero-order chi connectivity index (χ0) is 33.0. The van der Waals surface area contributed by atoms with E-state index in [-0.39, 0.29) is 0 Å². The highest BCUT2D eigenvalue weighted by Crippen LogP contribution is 2.36. The molecule has 48 heavy (non-hydrogen) atoms. The summed E-state index contributed by atoms with van der Waals surface area (Å²) in [7, 11) is 0. The molecule has 0 saturated heterocycles. The van der Waals surface area contributed by atoms with Gasteiger partial charge in [0.1, 0.15) is 9.98 Å². The predicted molar refractivity (Wildman–Crippen MR) is 210 cm³/mol. The topological polar surface area (TPSA) is 55.3 Å². The minimum atomic E-state index is 0.631. The van der Waals surface area contributed by atoms with E-state index < -0.39 is 0 Å². The number of nitrogens with one attached hydrogen (secondary N) is 2. The highest BCUT2D eigenvalue weighted by molar-refractivity contribution is 7.81. The third-order valence-corrected chi connectivity index (χ3v) is 8.86. The molecule has 5 aromatic rings. The van der Waals surface area contributed by atoms with Crippen molar-refractivity contribution in [2.24, 2.45) is 10.2 Å². The summed E-state index contributed by atoms with van der Waals surface area (Å²) < 4.78 is 0. The molecule has 7 rings (SSSR count). The maximum Gasteiger partial charge on any atom is 0.139 e. The lowest BCUT2D eigenvalue weighted by molar-refractivity contribution is 1.17. The van der Waals surface area contributed by atoms with Crippen LogP contribution in [0.5, 0.6) is 0 Å². The van der Waals surface area contributed by atoms with E-state index in [0.29, 0.717) is 9.98 Å². The van der Waals surface area contributed by atoms with Crippen molar-refractivity contribution in [2.45, 2.75) is 13.8 Å². The Bertz CT molecular complexity index is 1970. The summed E-state index contributed by atoms with van der Waals surface area (Å²) in [5.41, 5.74) is 10.7. The van der Waals surface area contributed by atoms with Gasteiger partial charge < -0.3 is 10.6 Å². The summed E-state index contributed by atoms with van der Waals surface area (Å²) in [5.74, 6) is 0. The normalized spacial score (nSPS) is 16.5. The second-order valence-electron chi connectivity index (χ2n) is 11.3. The Kier molecular flexibility index (Phi) is 8.74. The molecule has 2 aliphatic rings. The lowest BCUT2D eigenvalue weighted by Crippen LogP contribution is -2.22. The minimum absolute atomic E-state index is 0.631. The van der Waals surface area contributed by atoms with E-state index in [1.54, 1.807) is 0 Å². The molecule has 0 atom stereocenters. The van der Waals surface area contributed by atoms with Crippen LogP contribution in [0.1, 0.15) is 25.0 Å². The fourth-order valence-electron chi connectivity index (χ4n) is 5.81. The number of benzene rings is 5. The molecule has 8 heteroatoms. The Balaban J connectivity index is 1.32. The van der Waals surface area contributed by atoms with E-state index in [9.17, 15) is 0 Å². The number of rotatable bonds is 8. The van der Waals surface area contributed by atoms with Crippen LogP contribution in [-0.4, -0.2) is 21.4 Å². The molecule has 0 spiro atoms. The van der Waals surface area contributed by atoms with E-state index >= 15 is 0 Å². The molecule has 2 N–H and O–H groups in total. The van der Waals surface area contributed by atoms with Crippen LogP contribution in [0.3, 0.4) is 0 Å². The SMILES string of the molecule is CC1=NN(c2ccccc2)C(=S)C1=C(Nc1ccccc1NC(=C1C(=S)N(c2ccccc2)N=C1C)c1ccccc1)c1ccccc1. The smallest absolute Gasteiger partial charge is 0.139 e. The van der Waals surface area contributed by atoms with E-state index in [0.717, 1.165) is 67.8 Å². The number of nitrogens with zero attached hydrogens (tertiary/aromatic N) is 4. The predicted octanol–water partition coefficient (Wildman–Crippen LogP) is 9.78. The number of hydrogen-bond acceptors (Lipinski definition) is 6. The van der Waals surface area contributed by atoms with Gasteiger partial charge in [-0.25, -0.2) is 10.0 Å². The van der Waals surface area contributed by atoms with Crippen LogP contribution in [-0.2, 0) is 0 Å². The molecule has 0 unspecified atom stereocenters. The fraction of sp³-hybridized carbons (Fsp3) is 0.0500. The van der Waals surface area contributed by atoms with Crippen molar-refractivity contribution in [3.63, 3.8) is 0 Å². The third kappa shape index (κ3) is 6.07. The van der Waals surface area contributed by atoms with E-state index in [2.05, 4.69) is 47.0 Å². The minimum Gasteiger partial charge on any atom is -0.353 e. The standard InChI is InChI=1S/C40H32N6S2/c1-27-35(39(47)45(43-27)31-21-11-5-12-22-31)37(29-17-7-3-8-18-29)41-33-25-15-16-26-34(33)42-38(30-19-9-4-10-20-30)36-28(2)44-46(40(36)48)32-23-13-6-14-24-32/h3-26,41-42H,1-2H3. The van der Waals surface area contributed by atoms with Gasteiger partial charge in [-0.1, -0.05) is 134 Å². The van der Waals surface area contributed by atoms with Crippen LogP contribution in [0.4, 0.5) is 22.7 Å². The molecule has 0 fully saturated rings. The Morgan fingerprint density at radius 2 is 0.771 bits per heavy atom. The second-order valence-corrected chi connectivity index (χ2v) is 12.1. The first kappa shape index (κ1) is 30.9. The number of hydrazone groups is 2. The van der Waals surface area contributed by atoms with E-state index in [4.69, 9.17) is 34.6 Å². The van der Waals surface area contributed by atoms with Gasteiger partial charge in [-0.3, -0.25) is 0 Å². The van der Waals surface area contributed by atoms with Crippen molar-refractivity contribution in [1.82, 2.24) is 0 Å². The maximum atomic E-state index is 6.09. The molecule has 2 aliphatic heterocycles. The molecule has 6 nitrogen and oxygen atoms in total. The van der Waals surface area contributed by atoms with E-state index in [1.807, 2.05) is 133 Å². The summed E-state index contributed by atoms with van der Waals surface area (Å²) in [6.45, 7) is 4.00. The van der Waals surface area contributed by atoms with Crippen LogP contribution in [0.2, 0.25) is 0 Å². The molecule has 0 radical (unpaired) electrons. The van der Waals surface area contributed by atoms with Gasteiger partial charge in [0.2, 0.25) is 0 Å². The van der Waals surface area contributed by atoms with Crippen LogP contribution in [0.15, 0.2) is 167 Å². The Morgan fingerprint density at radius 1 is 0.458 bits per heavy atom. The van der Waals surface area contributed by atoms with E-state index in [1.165, 1.54) is 0 Å². The first-order chi connectivity index (χ1) is 23.5. The van der Waals surface area contributed by atoms with Crippen molar-refractivity contribution in [3.8, 4) is 0 Å². The van der Waals surface area contributed by atoms with Crippen LogP contribution in [0, 0.1) is 0 Å². The number of para-hydroxylation sites is 4. The monoisotopic (exact) mass is 660 g/mol. The second kappa shape index (κ2) is 13.6. The first-order valence-electron chi connectivity index (χ1n) is 15.6. The van der Waals surface area contributed by atoms with Crippen molar-refractivity contribution in [2.75, 3.05) is 20.7 Å². The molecule has 0 aliphatic carbocycles. The van der Waals surface area contributed by atoms with Gasteiger partial charge in [0, 0.05) is 0 Å². The van der Waals surface area contributed by atoms with Gasteiger partial charge in [-0.2, -0.15) is 10.2 Å². The van der Waals surface area contributed by atoms with Gasteiger partial charge in [0.15, 0.2) is 0 Å². The van der Waals surface area contributed by atoms with Crippen LogP contribution >= 0.6 is 24.4 Å². The van der Waals surface area contributed by atoms with Crippen LogP contribution < -0.4 is 20.7 Å². The van der Waals surface area contributed by atoms with Gasteiger partial charge in [0.25, 0.3) is 0 Å². The average Bonchev–Trinajstić information content (AvgIpc) is 3.60. The quantitative estimate of drug-likeness (QED) is 0.128. The van der Waals surface area contributed by atoms with Crippen molar-refractivity contribution < 1.29 is 0 Å². The number of thiocarbonyl (C=S) groups is 2. The molecule has 0 bridgehead atoms. The molecular weight excluding hydrogens is 629 g/mol. The lowest BCUT2D eigenvalue weighted by atomic mass is 10.0. The molecule has 5 aromatic carbocycles. The van der Waals surface area contributed by atoms with Crippen molar-refractivity contribution in [3.05, 3.63) is 168 Å². The van der Waals surface area contributed by atoms with Gasteiger partial charge in [-0.05, 0) is 61.4 Å². The van der Waals surface area contributed by atoms with Crippen molar-refractivity contribution in [1.29, 1.82) is 0 Å². The molecule has 0 aromatic heterocycles. The number of anilines is 4. The van der Waals surface area contributed by atoms with Gasteiger partial charge in [0.05, 0.1) is 56.7 Å².